The number of para-hydroxylation sites is 1. The molecule has 0 fully saturated rings. The summed E-state index contributed by atoms with van der Waals surface area (Å²) < 4.78 is 10.8. The molecule has 0 N–H and O–H groups in total. The van der Waals surface area contributed by atoms with Crippen LogP contribution >= 0.6 is 0 Å². The van der Waals surface area contributed by atoms with Gasteiger partial charge in [0.1, 0.15) is 5.75 Å². The van der Waals surface area contributed by atoms with E-state index >= 15 is 0 Å². The normalized spacial score (nSPS) is 10.6. The lowest BCUT2D eigenvalue weighted by Crippen LogP contribution is -2.10. The van der Waals surface area contributed by atoms with Gasteiger partial charge >= 0.3 is 0 Å². The molecule has 2 aromatic carbocycles. The van der Waals surface area contributed by atoms with Crippen LogP contribution in [0.15, 0.2) is 48.5 Å². The summed E-state index contributed by atoms with van der Waals surface area (Å²) in [6.45, 7) is 0. The first kappa shape index (κ1) is 15.2. The number of rotatable bonds is 4. The summed E-state index contributed by atoms with van der Waals surface area (Å²) in [5.41, 5.74) is 3.07. The summed E-state index contributed by atoms with van der Waals surface area (Å²) in [5, 5.41) is 2.01. The Kier molecular flexibility index (Phi) is 4.06. The van der Waals surface area contributed by atoms with E-state index < -0.39 is 0 Å². The number of pyridine rings is 1. The Hall–Kier alpha value is -2.75. The minimum atomic E-state index is 0.619. The standard InChI is InChI=1S/C19H20N2O2/c1-21(2)18-8-6-5-7-16(18)17-12-13-11-14(22-3)9-10-15(13)19(20-17)23-4/h5-12H,1-4H3. The lowest BCUT2D eigenvalue weighted by atomic mass is 10.0. The Bertz CT molecular complexity index is 844. The van der Waals surface area contributed by atoms with Crippen LogP contribution in [0.1, 0.15) is 0 Å². The number of benzene rings is 2. The molecule has 0 saturated carbocycles. The predicted octanol–water partition coefficient (Wildman–Crippen LogP) is 3.99. The highest BCUT2D eigenvalue weighted by atomic mass is 16.5. The number of hydrogen-bond acceptors (Lipinski definition) is 4. The molecule has 0 saturated heterocycles. The number of methoxy groups -OCH3 is 2. The molecule has 0 aliphatic rings. The van der Waals surface area contributed by atoms with Gasteiger partial charge in [-0.3, -0.25) is 0 Å². The van der Waals surface area contributed by atoms with Crippen LogP contribution in [0, 0.1) is 0 Å². The maximum Gasteiger partial charge on any atom is 0.221 e. The SMILES string of the molecule is COc1ccc2c(OC)nc(-c3ccccc3N(C)C)cc2c1. The summed E-state index contributed by atoms with van der Waals surface area (Å²) in [7, 11) is 7.37. The first-order chi connectivity index (χ1) is 11.1. The van der Waals surface area contributed by atoms with Gasteiger partial charge in [-0.2, -0.15) is 0 Å². The molecule has 0 radical (unpaired) electrons. The highest BCUT2D eigenvalue weighted by Gasteiger charge is 2.12. The molecule has 4 nitrogen and oxygen atoms in total. The van der Waals surface area contributed by atoms with Crippen molar-refractivity contribution < 1.29 is 9.47 Å². The fourth-order valence-corrected chi connectivity index (χ4v) is 2.70. The second-order valence-corrected chi connectivity index (χ2v) is 5.52. The number of aromatic nitrogens is 1. The summed E-state index contributed by atoms with van der Waals surface area (Å²) in [6.07, 6.45) is 0. The van der Waals surface area contributed by atoms with Crippen LogP contribution in [0.4, 0.5) is 5.69 Å². The highest BCUT2D eigenvalue weighted by molar-refractivity contribution is 5.92. The van der Waals surface area contributed by atoms with E-state index in [1.54, 1.807) is 14.2 Å². The third-order valence-electron chi connectivity index (χ3n) is 3.86. The van der Waals surface area contributed by atoms with Crippen molar-refractivity contribution >= 4 is 16.5 Å². The molecule has 118 valence electrons. The highest BCUT2D eigenvalue weighted by Crippen LogP contribution is 2.34. The van der Waals surface area contributed by atoms with E-state index in [4.69, 9.17) is 14.5 Å². The van der Waals surface area contributed by atoms with Crippen molar-refractivity contribution in [1.29, 1.82) is 0 Å². The van der Waals surface area contributed by atoms with Crippen LogP contribution in [0.25, 0.3) is 22.0 Å². The largest absolute Gasteiger partial charge is 0.497 e. The molecule has 1 aromatic heterocycles. The van der Waals surface area contributed by atoms with E-state index in [-0.39, 0.29) is 0 Å². The summed E-state index contributed by atoms with van der Waals surface area (Å²) in [5.74, 6) is 1.44. The molecule has 0 atom stereocenters. The van der Waals surface area contributed by atoms with Gasteiger partial charge in [0.2, 0.25) is 5.88 Å². The Morgan fingerprint density at radius 3 is 2.39 bits per heavy atom. The van der Waals surface area contributed by atoms with E-state index in [0.717, 1.165) is 33.5 Å². The fraction of sp³-hybridized carbons (Fsp3) is 0.211. The third-order valence-corrected chi connectivity index (χ3v) is 3.86. The average molecular weight is 308 g/mol. The zero-order valence-electron chi connectivity index (χ0n) is 13.8. The van der Waals surface area contributed by atoms with Gasteiger partial charge in [0.15, 0.2) is 0 Å². The van der Waals surface area contributed by atoms with Gasteiger partial charge in [-0.15, -0.1) is 0 Å². The van der Waals surface area contributed by atoms with Gasteiger partial charge in [-0.1, -0.05) is 18.2 Å². The third kappa shape index (κ3) is 2.80. The van der Waals surface area contributed by atoms with E-state index in [1.165, 1.54) is 0 Å². The Morgan fingerprint density at radius 2 is 1.70 bits per heavy atom. The summed E-state index contributed by atoms with van der Waals surface area (Å²) in [4.78, 5) is 6.78. The topological polar surface area (TPSA) is 34.6 Å². The van der Waals surface area contributed by atoms with Crippen LogP contribution in [0.2, 0.25) is 0 Å². The molecule has 23 heavy (non-hydrogen) atoms. The lowest BCUT2D eigenvalue weighted by Gasteiger charge is -2.18. The molecule has 1 heterocycles. The molecular weight excluding hydrogens is 288 g/mol. The van der Waals surface area contributed by atoms with E-state index in [9.17, 15) is 0 Å². The van der Waals surface area contributed by atoms with Crippen molar-refractivity contribution in [3.63, 3.8) is 0 Å². The minimum Gasteiger partial charge on any atom is -0.497 e. The Labute approximate surface area is 136 Å². The number of fused-ring (bicyclic) bond motifs is 1. The van der Waals surface area contributed by atoms with Crippen LogP contribution in [-0.4, -0.2) is 33.3 Å². The van der Waals surface area contributed by atoms with Crippen molar-refractivity contribution in [1.82, 2.24) is 4.98 Å². The Morgan fingerprint density at radius 1 is 0.913 bits per heavy atom. The van der Waals surface area contributed by atoms with Crippen molar-refractivity contribution in [2.45, 2.75) is 0 Å². The lowest BCUT2D eigenvalue weighted by molar-refractivity contribution is 0.403. The molecule has 0 aliphatic carbocycles. The predicted molar refractivity (Wildman–Crippen MR) is 94.6 cm³/mol. The van der Waals surface area contributed by atoms with Crippen molar-refractivity contribution in [2.24, 2.45) is 0 Å². The minimum absolute atomic E-state index is 0.619. The molecule has 0 aliphatic heterocycles. The van der Waals surface area contributed by atoms with Gasteiger partial charge in [0, 0.05) is 30.7 Å². The first-order valence-corrected chi connectivity index (χ1v) is 7.43. The maximum absolute atomic E-state index is 5.50. The molecule has 0 bridgehead atoms. The van der Waals surface area contributed by atoms with Crippen LogP contribution in [-0.2, 0) is 0 Å². The van der Waals surface area contributed by atoms with Gasteiger partial charge in [-0.25, -0.2) is 4.98 Å². The maximum atomic E-state index is 5.50. The number of nitrogens with zero attached hydrogens (tertiary/aromatic N) is 2. The first-order valence-electron chi connectivity index (χ1n) is 7.43. The van der Waals surface area contributed by atoms with Crippen molar-refractivity contribution in [3.8, 4) is 22.9 Å². The summed E-state index contributed by atoms with van der Waals surface area (Å²) in [6, 6.07) is 16.2. The summed E-state index contributed by atoms with van der Waals surface area (Å²) >= 11 is 0. The van der Waals surface area contributed by atoms with Crippen LogP contribution in [0.5, 0.6) is 11.6 Å². The molecular formula is C19H20N2O2. The van der Waals surface area contributed by atoms with E-state index in [2.05, 4.69) is 23.1 Å². The molecule has 0 amide bonds. The van der Waals surface area contributed by atoms with Crippen LogP contribution in [0.3, 0.4) is 0 Å². The number of anilines is 1. The zero-order valence-corrected chi connectivity index (χ0v) is 13.8. The van der Waals surface area contributed by atoms with E-state index in [0.29, 0.717) is 5.88 Å². The fourth-order valence-electron chi connectivity index (χ4n) is 2.70. The van der Waals surface area contributed by atoms with Crippen molar-refractivity contribution in [3.05, 3.63) is 48.5 Å². The average Bonchev–Trinajstić information content (AvgIpc) is 2.60. The quantitative estimate of drug-likeness (QED) is 0.730. The number of hydrogen-bond donors (Lipinski definition) is 0. The Balaban J connectivity index is 2.26. The van der Waals surface area contributed by atoms with Crippen molar-refractivity contribution in [2.75, 3.05) is 33.2 Å². The van der Waals surface area contributed by atoms with E-state index in [1.807, 2.05) is 44.4 Å². The molecule has 4 heteroatoms. The number of ether oxygens (including phenoxy) is 2. The molecule has 3 rings (SSSR count). The van der Waals surface area contributed by atoms with Gasteiger partial charge in [0.05, 0.1) is 19.9 Å². The van der Waals surface area contributed by atoms with Gasteiger partial charge < -0.3 is 14.4 Å². The smallest absolute Gasteiger partial charge is 0.221 e. The second kappa shape index (κ2) is 6.16. The zero-order chi connectivity index (χ0) is 16.4. The van der Waals surface area contributed by atoms with Gasteiger partial charge in [0.25, 0.3) is 0 Å². The monoisotopic (exact) mass is 308 g/mol. The van der Waals surface area contributed by atoms with Crippen LogP contribution < -0.4 is 14.4 Å². The molecule has 0 unspecified atom stereocenters. The molecule has 0 spiro atoms. The van der Waals surface area contributed by atoms with Gasteiger partial charge in [-0.05, 0) is 35.7 Å². The molecule has 3 aromatic rings. The second-order valence-electron chi connectivity index (χ2n) is 5.52.